The summed E-state index contributed by atoms with van der Waals surface area (Å²) in [6.45, 7) is 1.25. The van der Waals surface area contributed by atoms with Crippen LogP contribution in [0.2, 0.25) is 0 Å². The zero-order chi connectivity index (χ0) is 20.9. The Labute approximate surface area is 179 Å². The van der Waals surface area contributed by atoms with E-state index in [1.54, 1.807) is 0 Å². The van der Waals surface area contributed by atoms with Gasteiger partial charge < -0.3 is 19.6 Å². The third kappa shape index (κ3) is 3.05. The fourth-order valence-electron chi connectivity index (χ4n) is 5.27. The molecule has 1 saturated heterocycles. The minimum atomic E-state index is -0.366. The molecule has 1 aromatic carbocycles. The highest BCUT2D eigenvalue weighted by atomic mass is 16.3. The monoisotopic (exact) mass is 418 g/mol. The van der Waals surface area contributed by atoms with Crippen molar-refractivity contribution in [3.63, 3.8) is 0 Å². The van der Waals surface area contributed by atoms with Crippen LogP contribution in [0.4, 0.5) is 5.69 Å². The van der Waals surface area contributed by atoms with Gasteiger partial charge in [0.2, 0.25) is 0 Å². The van der Waals surface area contributed by atoms with Crippen LogP contribution in [0.5, 0.6) is 0 Å². The van der Waals surface area contributed by atoms with Crippen LogP contribution in [0.3, 0.4) is 0 Å². The molecule has 8 heteroatoms. The van der Waals surface area contributed by atoms with Crippen molar-refractivity contribution in [2.24, 2.45) is 0 Å². The summed E-state index contributed by atoms with van der Waals surface area (Å²) in [5.41, 5.74) is 4.30. The van der Waals surface area contributed by atoms with E-state index >= 15 is 0 Å². The first-order valence-electron chi connectivity index (χ1n) is 11.2. The first kappa shape index (κ1) is 18.6. The Balaban J connectivity index is 1.46. The summed E-state index contributed by atoms with van der Waals surface area (Å²) in [4.78, 5) is 26.6. The van der Waals surface area contributed by atoms with Crippen LogP contribution >= 0.6 is 0 Å². The van der Waals surface area contributed by atoms with Crippen molar-refractivity contribution < 1.29 is 5.11 Å². The van der Waals surface area contributed by atoms with E-state index in [0.717, 1.165) is 29.0 Å². The van der Waals surface area contributed by atoms with E-state index in [2.05, 4.69) is 42.6 Å². The second kappa shape index (κ2) is 7.23. The lowest BCUT2D eigenvalue weighted by Gasteiger charge is -2.23. The van der Waals surface area contributed by atoms with Gasteiger partial charge in [-0.25, -0.2) is 9.97 Å². The standard InChI is InChI=1S/C23H26N6O2/c30-17-8-9-27(11-17)20-12-28(22-21(20)23(31)25-13-24-22)16-6-7-19-18(10-16)26-14-29(19)15-4-2-1-3-5-15/h6-7,10,12-15,17,30H,1-5,8-9,11H2,(H,24,25,31)/t17-/m0/s1. The molecule has 31 heavy (non-hydrogen) atoms. The molecule has 3 aromatic heterocycles. The van der Waals surface area contributed by atoms with E-state index in [9.17, 15) is 9.90 Å². The maximum atomic E-state index is 12.7. The number of nitrogens with zero attached hydrogens (tertiary/aromatic N) is 5. The lowest BCUT2D eigenvalue weighted by atomic mass is 9.95. The van der Waals surface area contributed by atoms with E-state index < -0.39 is 0 Å². The van der Waals surface area contributed by atoms with Crippen molar-refractivity contribution in [2.45, 2.75) is 50.7 Å². The second-order valence-corrected chi connectivity index (χ2v) is 8.82. The maximum absolute atomic E-state index is 12.7. The largest absolute Gasteiger partial charge is 0.391 e. The van der Waals surface area contributed by atoms with E-state index in [1.165, 1.54) is 38.4 Å². The highest BCUT2D eigenvalue weighted by Gasteiger charge is 2.26. The number of aromatic amines is 1. The first-order chi connectivity index (χ1) is 15.2. The lowest BCUT2D eigenvalue weighted by molar-refractivity contribution is 0.198. The van der Waals surface area contributed by atoms with Gasteiger partial charge in [-0.3, -0.25) is 9.36 Å². The number of hydrogen-bond acceptors (Lipinski definition) is 5. The highest BCUT2D eigenvalue weighted by molar-refractivity contribution is 5.92. The fraction of sp³-hybridized carbons (Fsp3) is 0.435. The fourth-order valence-corrected chi connectivity index (χ4v) is 5.27. The van der Waals surface area contributed by atoms with Gasteiger partial charge in [0.15, 0.2) is 5.65 Å². The Morgan fingerprint density at radius 2 is 1.97 bits per heavy atom. The Morgan fingerprint density at radius 1 is 1.10 bits per heavy atom. The van der Waals surface area contributed by atoms with Crippen molar-refractivity contribution in [1.82, 2.24) is 24.1 Å². The minimum Gasteiger partial charge on any atom is -0.391 e. The molecule has 1 atom stereocenters. The maximum Gasteiger partial charge on any atom is 0.262 e. The first-order valence-corrected chi connectivity index (χ1v) is 11.2. The molecule has 0 radical (unpaired) electrons. The van der Waals surface area contributed by atoms with Crippen molar-refractivity contribution in [1.29, 1.82) is 0 Å². The number of β-amino-alcohol motifs (C(OH)–C–C–N with tert-alkyl or cyclic N) is 1. The summed E-state index contributed by atoms with van der Waals surface area (Å²) in [7, 11) is 0. The summed E-state index contributed by atoms with van der Waals surface area (Å²) < 4.78 is 4.29. The predicted octanol–water partition coefficient (Wildman–Crippen LogP) is 3.14. The van der Waals surface area contributed by atoms with E-state index in [1.807, 2.05) is 17.1 Å². The summed E-state index contributed by atoms with van der Waals surface area (Å²) in [6.07, 6.45) is 12.0. The molecule has 0 unspecified atom stereocenters. The van der Waals surface area contributed by atoms with Gasteiger partial charge in [-0.2, -0.15) is 0 Å². The van der Waals surface area contributed by atoms with Crippen LogP contribution < -0.4 is 10.5 Å². The number of benzene rings is 1. The van der Waals surface area contributed by atoms with Gasteiger partial charge in [0.05, 0.1) is 35.5 Å². The Hall–Kier alpha value is -3.13. The molecule has 2 N–H and O–H groups in total. The van der Waals surface area contributed by atoms with Gasteiger partial charge in [-0.05, 0) is 37.5 Å². The molecule has 0 amide bonds. The number of anilines is 1. The number of rotatable bonds is 3. The quantitative estimate of drug-likeness (QED) is 0.533. The van der Waals surface area contributed by atoms with E-state index in [4.69, 9.17) is 0 Å². The molecule has 2 fully saturated rings. The zero-order valence-corrected chi connectivity index (χ0v) is 17.4. The van der Waals surface area contributed by atoms with Gasteiger partial charge in [-0.15, -0.1) is 0 Å². The molecule has 8 nitrogen and oxygen atoms in total. The third-order valence-electron chi connectivity index (χ3n) is 6.88. The van der Waals surface area contributed by atoms with Crippen LogP contribution in [0.1, 0.15) is 44.6 Å². The lowest BCUT2D eigenvalue weighted by Crippen LogP contribution is -2.22. The molecule has 0 bridgehead atoms. The minimum absolute atomic E-state index is 0.164. The molecule has 2 aliphatic rings. The van der Waals surface area contributed by atoms with Gasteiger partial charge in [0, 0.05) is 31.0 Å². The zero-order valence-electron chi connectivity index (χ0n) is 17.4. The summed E-state index contributed by atoms with van der Waals surface area (Å²) >= 11 is 0. The van der Waals surface area contributed by atoms with Crippen molar-refractivity contribution in [3.8, 4) is 5.69 Å². The molecule has 1 saturated carbocycles. The molecule has 1 aliphatic carbocycles. The number of aromatic nitrogens is 5. The number of fused-ring (bicyclic) bond motifs is 2. The molecule has 6 rings (SSSR count). The number of nitrogens with one attached hydrogen (secondary N) is 1. The van der Waals surface area contributed by atoms with Crippen LogP contribution in [0, 0.1) is 0 Å². The van der Waals surface area contributed by atoms with Crippen LogP contribution in [-0.4, -0.2) is 48.4 Å². The molecule has 4 aromatic rings. The summed E-state index contributed by atoms with van der Waals surface area (Å²) in [6, 6.07) is 6.81. The molecule has 1 aliphatic heterocycles. The Bertz CT molecular complexity index is 1310. The van der Waals surface area contributed by atoms with Crippen LogP contribution in [0.25, 0.3) is 27.8 Å². The molecule has 160 valence electrons. The summed E-state index contributed by atoms with van der Waals surface area (Å²) in [5, 5.41) is 10.6. The normalized spacial score (nSPS) is 20.3. The SMILES string of the molecule is O=c1[nH]cnc2c1c(N1CC[C@H](O)C1)cn2-c1ccc2c(c1)ncn2C1CCCCC1. The number of hydrogen-bond donors (Lipinski definition) is 2. The highest BCUT2D eigenvalue weighted by Crippen LogP contribution is 2.33. The summed E-state index contributed by atoms with van der Waals surface area (Å²) in [5.74, 6) is 0. The van der Waals surface area contributed by atoms with Crippen LogP contribution in [0.15, 0.2) is 41.8 Å². The molecular weight excluding hydrogens is 392 g/mol. The number of imidazole rings is 1. The van der Waals surface area contributed by atoms with Gasteiger partial charge in [-0.1, -0.05) is 19.3 Å². The number of H-pyrrole nitrogens is 1. The average molecular weight is 419 g/mol. The topological polar surface area (TPSA) is 92.0 Å². The van der Waals surface area contributed by atoms with E-state index in [0.29, 0.717) is 30.0 Å². The van der Waals surface area contributed by atoms with Gasteiger partial charge in [0.25, 0.3) is 5.56 Å². The third-order valence-corrected chi connectivity index (χ3v) is 6.88. The molecular formula is C23H26N6O2. The predicted molar refractivity (Wildman–Crippen MR) is 120 cm³/mol. The van der Waals surface area contributed by atoms with Gasteiger partial charge >= 0.3 is 0 Å². The van der Waals surface area contributed by atoms with E-state index in [-0.39, 0.29) is 11.7 Å². The Morgan fingerprint density at radius 3 is 2.77 bits per heavy atom. The average Bonchev–Trinajstić information content (AvgIpc) is 3.50. The Kier molecular flexibility index (Phi) is 4.34. The van der Waals surface area contributed by atoms with Crippen LogP contribution in [-0.2, 0) is 0 Å². The second-order valence-electron chi connectivity index (χ2n) is 8.82. The number of aliphatic hydroxyl groups excluding tert-OH is 1. The van der Waals surface area contributed by atoms with Gasteiger partial charge in [0.1, 0.15) is 5.39 Å². The molecule has 4 heterocycles. The van der Waals surface area contributed by atoms with Crippen molar-refractivity contribution in [3.05, 3.63) is 47.4 Å². The van der Waals surface area contributed by atoms with Crippen molar-refractivity contribution in [2.75, 3.05) is 18.0 Å². The number of aliphatic hydroxyl groups is 1. The smallest absolute Gasteiger partial charge is 0.262 e. The molecule has 0 spiro atoms. The van der Waals surface area contributed by atoms with Crippen molar-refractivity contribution >= 4 is 27.8 Å².